The lowest BCUT2D eigenvalue weighted by atomic mass is 9.99. The van der Waals surface area contributed by atoms with Crippen LogP contribution in [0.25, 0.3) is 11.4 Å². The molecule has 1 amide bonds. The summed E-state index contributed by atoms with van der Waals surface area (Å²) in [5, 5.41) is 7.64. The van der Waals surface area contributed by atoms with Gasteiger partial charge in [0.2, 0.25) is 17.5 Å². The Balaban J connectivity index is 1.79. The summed E-state index contributed by atoms with van der Waals surface area (Å²) in [6, 6.07) is 9.75. The Morgan fingerprint density at radius 1 is 1.09 bits per heavy atom. The molecule has 0 unspecified atom stereocenters. The van der Waals surface area contributed by atoms with Crippen molar-refractivity contribution in [2.45, 2.75) is 26.3 Å². The average molecular weight is 490 g/mol. The Hall–Kier alpha value is -3.46. The van der Waals surface area contributed by atoms with Crippen molar-refractivity contribution in [2.24, 2.45) is 5.92 Å². The van der Waals surface area contributed by atoms with E-state index in [1.54, 1.807) is 36.4 Å². The van der Waals surface area contributed by atoms with Crippen molar-refractivity contribution < 1.29 is 28.3 Å². The summed E-state index contributed by atoms with van der Waals surface area (Å²) < 4.78 is 27.3. The number of benzene rings is 2. The summed E-state index contributed by atoms with van der Waals surface area (Å²) in [6.45, 7) is 3.85. The van der Waals surface area contributed by atoms with Crippen LogP contribution in [0, 0.1) is 5.92 Å². The molecule has 3 rings (SSSR count). The molecule has 9 nitrogen and oxygen atoms in total. The maximum Gasteiger partial charge on any atom is 0.258 e. The van der Waals surface area contributed by atoms with Gasteiger partial charge in [0, 0.05) is 10.6 Å². The Kier molecular flexibility index (Phi) is 8.59. The van der Waals surface area contributed by atoms with Gasteiger partial charge in [-0.2, -0.15) is 4.98 Å². The Morgan fingerprint density at radius 2 is 1.74 bits per heavy atom. The molecular weight excluding hydrogens is 462 g/mol. The van der Waals surface area contributed by atoms with E-state index in [9.17, 15) is 4.79 Å². The Bertz CT molecular complexity index is 1080. The van der Waals surface area contributed by atoms with E-state index in [1.165, 1.54) is 21.3 Å². The number of carbonyl (C=O) groups excluding carboxylic acids is 1. The van der Waals surface area contributed by atoms with Crippen LogP contribution in [0.15, 0.2) is 40.9 Å². The van der Waals surface area contributed by atoms with Crippen LogP contribution < -0.4 is 24.3 Å². The minimum Gasteiger partial charge on any atom is -0.493 e. The van der Waals surface area contributed by atoms with Crippen LogP contribution in [0.2, 0.25) is 5.02 Å². The fourth-order valence-corrected chi connectivity index (χ4v) is 3.39. The largest absolute Gasteiger partial charge is 0.493 e. The second-order valence-electron chi connectivity index (χ2n) is 7.54. The van der Waals surface area contributed by atoms with E-state index in [4.69, 9.17) is 35.1 Å². The van der Waals surface area contributed by atoms with E-state index >= 15 is 0 Å². The molecule has 0 aliphatic carbocycles. The monoisotopic (exact) mass is 489 g/mol. The van der Waals surface area contributed by atoms with Gasteiger partial charge < -0.3 is 28.8 Å². The summed E-state index contributed by atoms with van der Waals surface area (Å²) in [7, 11) is 4.59. The highest BCUT2D eigenvalue weighted by molar-refractivity contribution is 6.30. The highest BCUT2D eigenvalue weighted by atomic mass is 35.5. The lowest BCUT2D eigenvalue weighted by Gasteiger charge is -2.20. The van der Waals surface area contributed by atoms with Gasteiger partial charge in [-0.1, -0.05) is 37.0 Å². The van der Waals surface area contributed by atoms with Crippen molar-refractivity contribution in [2.75, 3.05) is 27.9 Å². The minimum atomic E-state index is -0.491. The molecule has 34 heavy (non-hydrogen) atoms. The van der Waals surface area contributed by atoms with E-state index in [1.807, 2.05) is 13.8 Å². The smallest absolute Gasteiger partial charge is 0.258 e. The third-order valence-corrected chi connectivity index (χ3v) is 5.60. The molecule has 1 N–H and O–H groups in total. The van der Waals surface area contributed by atoms with Gasteiger partial charge in [0.25, 0.3) is 5.91 Å². The van der Waals surface area contributed by atoms with Crippen molar-refractivity contribution in [1.29, 1.82) is 0 Å². The number of halogens is 1. The van der Waals surface area contributed by atoms with Gasteiger partial charge in [-0.25, -0.2) is 0 Å². The second kappa shape index (κ2) is 11.6. The summed E-state index contributed by atoms with van der Waals surface area (Å²) in [6.07, 6.45) is 0.783. The molecule has 2 aromatic carbocycles. The summed E-state index contributed by atoms with van der Waals surface area (Å²) >= 11 is 5.88. The molecule has 0 aliphatic rings. The molecule has 0 spiro atoms. The fraction of sp³-hybridized carbons (Fsp3) is 0.375. The molecule has 1 aromatic heterocycles. The molecule has 182 valence electrons. The van der Waals surface area contributed by atoms with Crippen LogP contribution >= 0.6 is 11.6 Å². The summed E-state index contributed by atoms with van der Waals surface area (Å²) in [4.78, 5) is 17.1. The molecule has 0 radical (unpaired) electrons. The fourth-order valence-electron chi connectivity index (χ4n) is 3.27. The van der Waals surface area contributed by atoms with E-state index in [-0.39, 0.29) is 24.3 Å². The van der Waals surface area contributed by atoms with Crippen LogP contribution in [0.4, 0.5) is 0 Å². The first-order valence-corrected chi connectivity index (χ1v) is 11.1. The number of nitrogens with zero attached hydrogens (tertiary/aromatic N) is 2. The van der Waals surface area contributed by atoms with Crippen molar-refractivity contribution in [1.82, 2.24) is 15.5 Å². The van der Waals surface area contributed by atoms with Crippen molar-refractivity contribution in [3.05, 3.63) is 47.3 Å². The van der Waals surface area contributed by atoms with Crippen molar-refractivity contribution in [3.8, 4) is 34.4 Å². The lowest BCUT2D eigenvalue weighted by molar-refractivity contribution is -0.124. The summed E-state index contributed by atoms with van der Waals surface area (Å²) in [5.41, 5.74) is 0.616. The third kappa shape index (κ3) is 5.91. The second-order valence-corrected chi connectivity index (χ2v) is 7.98. The zero-order valence-electron chi connectivity index (χ0n) is 19.8. The topological polar surface area (TPSA) is 105 Å². The highest BCUT2D eigenvalue weighted by Crippen LogP contribution is 2.40. The van der Waals surface area contributed by atoms with Gasteiger partial charge >= 0.3 is 0 Å². The van der Waals surface area contributed by atoms with Crippen molar-refractivity contribution in [3.63, 3.8) is 0 Å². The van der Waals surface area contributed by atoms with Gasteiger partial charge in [-0.3, -0.25) is 4.79 Å². The van der Waals surface area contributed by atoms with Crippen LogP contribution in [0.5, 0.6) is 23.0 Å². The Morgan fingerprint density at radius 3 is 2.29 bits per heavy atom. The maximum absolute atomic E-state index is 12.6. The molecule has 10 heteroatoms. The van der Waals surface area contributed by atoms with Gasteiger partial charge in [-0.05, 0) is 42.3 Å². The molecule has 0 bridgehead atoms. The number of methoxy groups -OCH3 is 3. The van der Waals surface area contributed by atoms with Crippen LogP contribution in [-0.2, 0) is 4.79 Å². The zero-order chi connectivity index (χ0) is 24.7. The van der Waals surface area contributed by atoms with Gasteiger partial charge in [0.1, 0.15) is 11.8 Å². The number of carbonyl (C=O) groups is 1. The SMILES string of the molecule is CC[C@@H](C)[C@H](NC(=O)COc1ccc(Cl)cc1)c1nc(-c2cc(OC)c(OC)c(OC)c2)no1. The van der Waals surface area contributed by atoms with E-state index < -0.39 is 6.04 Å². The van der Waals surface area contributed by atoms with Crippen LogP contribution in [-0.4, -0.2) is 44.0 Å². The number of hydrogen-bond donors (Lipinski definition) is 1. The Labute approximate surface area is 203 Å². The lowest BCUT2D eigenvalue weighted by Crippen LogP contribution is -2.36. The number of amides is 1. The average Bonchev–Trinajstić information content (AvgIpc) is 3.35. The predicted octanol–water partition coefficient (Wildman–Crippen LogP) is 4.70. The number of ether oxygens (including phenoxy) is 4. The van der Waals surface area contributed by atoms with Gasteiger partial charge in [-0.15, -0.1) is 0 Å². The molecular formula is C24H28ClN3O6. The first kappa shape index (κ1) is 25.2. The van der Waals surface area contributed by atoms with E-state index in [0.717, 1.165) is 6.42 Å². The molecule has 1 heterocycles. The normalized spacial score (nSPS) is 12.5. The molecule has 0 saturated carbocycles. The standard InChI is InChI=1S/C24H28ClN3O6/c1-6-14(2)21(26-20(29)13-33-17-9-7-16(25)8-10-17)24-27-23(28-34-24)15-11-18(30-3)22(32-5)19(12-15)31-4/h7-12,14,21H,6,13H2,1-5H3,(H,26,29)/t14-,21+/m1/s1. The van der Waals surface area contributed by atoms with Crippen LogP contribution in [0.1, 0.15) is 32.2 Å². The zero-order valence-corrected chi connectivity index (χ0v) is 20.5. The predicted molar refractivity (Wildman–Crippen MR) is 127 cm³/mol. The van der Waals surface area contributed by atoms with Gasteiger partial charge in [0.15, 0.2) is 18.1 Å². The molecule has 3 aromatic rings. The first-order valence-electron chi connectivity index (χ1n) is 10.7. The number of hydrogen-bond acceptors (Lipinski definition) is 8. The molecule has 0 saturated heterocycles. The maximum atomic E-state index is 12.6. The van der Waals surface area contributed by atoms with E-state index in [0.29, 0.717) is 39.4 Å². The minimum absolute atomic E-state index is 0.0349. The number of rotatable bonds is 11. The molecule has 0 aliphatic heterocycles. The number of aromatic nitrogens is 2. The molecule has 2 atom stereocenters. The number of nitrogens with one attached hydrogen (secondary N) is 1. The quantitative estimate of drug-likeness (QED) is 0.413. The van der Waals surface area contributed by atoms with Crippen LogP contribution in [0.3, 0.4) is 0 Å². The third-order valence-electron chi connectivity index (χ3n) is 5.34. The summed E-state index contributed by atoms with van der Waals surface area (Å²) in [5.74, 6) is 2.28. The van der Waals surface area contributed by atoms with Gasteiger partial charge in [0.05, 0.1) is 21.3 Å². The molecule has 0 fully saturated rings. The highest BCUT2D eigenvalue weighted by Gasteiger charge is 2.27. The van der Waals surface area contributed by atoms with E-state index in [2.05, 4.69) is 15.5 Å². The first-order chi connectivity index (χ1) is 16.4. The van der Waals surface area contributed by atoms with Crippen molar-refractivity contribution >= 4 is 17.5 Å².